The molecule has 0 unspecified atom stereocenters. The summed E-state index contributed by atoms with van der Waals surface area (Å²) in [6.07, 6.45) is 3.36. The number of carbonyl (C=O) groups excluding carboxylic acids is 2. The van der Waals surface area contributed by atoms with E-state index < -0.39 is 0 Å². The zero-order valence-electron chi connectivity index (χ0n) is 15.8. The number of ketones is 1. The molecule has 2 aromatic rings. The molecule has 1 saturated heterocycles. The first-order chi connectivity index (χ1) is 13.1. The van der Waals surface area contributed by atoms with Gasteiger partial charge in [-0.15, -0.1) is 0 Å². The molecule has 1 atom stereocenters. The Hall–Kier alpha value is -2.89. The zero-order valence-corrected chi connectivity index (χ0v) is 15.8. The number of nitrogens with one attached hydrogen (secondary N) is 1. The summed E-state index contributed by atoms with van der Waals surface area (Å²) in [5.74, 6) is 1.29. The fourth-order valence-corrected chi connectivity index (χ4v) is 3.44. The van der Waals surface area contributed by atoms with Crippen LogP contribution in [0.4, 0.5) is 5.82 Å². The van der Waals surface area contributed by atoms with Gasteiger partial charge in [-0.25, -0.2) is 4.98 Å². The van der Waals surface area contributed by atoms with Gasteiger partial charge in [0.25, 0.3) is 5.91 Å². The van der Waals surface area contributed by atoms with Gasteiger partial charge in [-0.2, -0.15) is 0 Å². The Balaban J connectivity index is 1.72. The zero-order chi connectivity index (χ0) is 19.2. The number of hydrogen-bond acceptors (Lipinski definition) is 5. The van der Waals surface area contributed by atoms with Crippen LogP contribution in [0.25, 0.3) is 0 Å². The minimum Gasteiger partial charge on any atom is -0.496 e. The number of piperidine rings is 1. The van der Waals surface area contributed by atoms with Crippen molar-refractivity contribution in [2.45, 2.75) is 19.8 Å². The van der Waals surface area contributed by atoms with Crippen LogP contribution in [0.3, 0.4) is 0 Å². The van der Waals surface area contributed by atoms with Crippen molar-refractivity contribution >= 4 is 17.5 Å². The van der Waals surface area contributed by atoms with Gasteiger partial charge < -0.3 is 15.0 Å². The molecule has 6 heteroatoms. The molecule has 1 aliphatic rings. The Bertz CT molecular complexity index is 805. The largest absolute Gasteiger partial charge is 0.496 e. The second-order valence-electron chi connectivity index (χ2n) is 6.61. The van der Waals surface area contributed by atoms with Crippen LogP contribution >= 0.6 is 0 Å². The molecule has 1 aromatic heterocycles. The van der Waals surface area contributed by atoms with E-state index in [4.69, 9.17) is 4.74 Å². The van der Waals surface area contributed by atoms with E-state index in [9.17, 15) is 9.59 Å². The minimum atomic E-state index is -0.126. The molecule has 1 aromatic carbocycles. The molecule has 1 amide bonds. The second kappa shape index (κ2) is 8.66. The van der Waals surface area contributed by atoms with Gasteiger partial charge in [0.1, 0.15) is 11.6 Å². The number of Topliss-reactive ketones (excluding diaryl/α,β-unsaturated/α-hetero) is 1. The maximum absolute atomic E-state index is 13.0. The van der Waals surface area contributed by atoms with Crippen molar-refractivity contribution in [3.63, 3.8) is 0 Å². The monoisotopic (exact) mass is 367 g/mol. The molecule has 0 saturated carbocycles. The van der Waals surface area contributed by atoms with Crippen molar-refractivity contribution in [2.75, 3.05) is 31.6 Å². The van der Waals surface area contributed by atoms with Crippen molar-refractivity contribution in [1.29, 1.82) is 0 Å². The van der Waals surface area contributed by atoms with Gasteiger partial charge in [-0.3, -0.25) is 9.59 Å². The van der Waals surface area contributed by atoms with Crippen LogP contribution in [0, 0.1) is 5.92 Å². The third-order valence-electron chi connectivity index (χ3n) is 4.84. The molecule has 0 aliphatic carbocycles. The van der Waals surface area contributed by atoms with Crippen LogP contribution in [-0.2, 0) is 0 Å². The lowest BCUT2D eigenvalue weighted by molar-refractivity contribution is 0.0903. The van der Waals surface area contributed by atoms with E-state index in [-0.39, 0.29) is 17.6 Å². The summed E-state index contributed by atoms with van der Waals surface area (Å²) in [5, 5.41) is 2.76. The van der Waals surface area contributed by atoms with Crippen LogP contribution in [-0.4, -0.2) is 43.4 Å². The molecule has 0 spiro atoms. The number of rotatable bonds is 6. The van der Waals surface area contributed by atoms with Crippen LogP contribution in [0.5, 0.6) is 5.75 Å². The van der Waals surface area contributed by atoms with E-state index in [1.54, 1.807) is 19.4 Å². The SMILES string of the molecule is CCNC(=O)c1ccc(N2CCC[C@@H](C(=O)c3ccccc3OC)C2)nc1. The van der Waals surface area contributed by atoms with Crippen molar-refractivity contribution < 1.29 is 14.3 Å². The van der Waals surface area contributed by atoms with Gasteiger partial charge in [0.2, 0.25) is 0 Å². The summed E-state index contributed by atoms with van der Waals surface area (Å²) in [4.78, 5) is 31.4. The summed E-state index contributed by atoms with van der Waals surface area (Å²) < 4.78 is 5.34. The molecular formula is C21H25N3O3. The number of para-hydroxylation sites is 1. The molecule has 1 N–H and O–H groups in total. The van der Waals surface area contributed by atoms with Crippen LogP contribution in [0.1, 0.15) is 40.5 Å². The topological polar surface area (TPSA) is 71.5 Å². The van der Waals surface area contributed by atoms with Crippen LogP contribution in [0.15, 0.2) is 42.6 Å². The van der Waals surface area contributed by atoms with Crippen molar-refractivity contribution in [3.05, 3.63) is 53.7 Å². The molecule has 27 heavy (non-hydrogen) atoms. The van der Waals surface area contributed by atoms with E-state index in [0.717, 1.165) is 25.2 Å². The maximum atomic E-state index is 13.0. The summed E-state index contributed by atoms with van der Waals surface area (Å²) in [6, 6.07) is 11.0. The predicted molar refractivity (Wildman–Crippen MR) is 105 cm³/mol. The van der Waals surface area contributed by atoms with Crippen molar-refractivity contribution in [2.24, 2.45) is 5.92 Å². The number of ether oxygens (including phenoxy) is 1. The number of amides is 1. The van der Waals surface area contributed by atoms with Gasteiger partial charge in [0.15, 0.2) is 5.78 Å². The van der Waals surface area contributed by atoms with Crippen LogP contribution < -0.4 is 15.0 Å². The fraction of sp³-hybridized carbons (Fsp3) is 0.381. The predicted octanol–water partition coefficient (Wildman–Crippen LogP) is 2.94. The van der Waals surface area contributed by atoms with Gasteiger partial charge in [-0.05, 0) is 44.0 Å². The van der Waals surface area contributed by atoms with Gasteiger partial charge in [0, 0.05) is 31.7 Å². The molecule has 1 fully saturated rings. The van der Waals surface area contributed by atoms with E-state index in [0.29, 0.717) is 30.0 Å². The third-order valence-corrected chi connectivity index (χ3v) is 4.84. The summed E-state index contributed by atoms with van der Waals surface area (Å²) >= 11 is 0. The number of benzene rings is 1. The molecule has 0 bridgehead atoms. The van der Waals surface area contributed by atoms with E-state index in [2.05, 4.69) is 15.2 Å². The Morgan fingerprint density at radius 3 is 2.78 bits per heavy atom. The number of hydrogen-bond donors (Lipinski definition) is 1. The number of methoxy groups -OCH3 is 1. The first kappa shape index (κ1) is 18.9. The number of aromatic nitrogens is 1. The molecule has 1 aliphatic heterocycles. The number of carbonyl (C=O) groups is 2. The Morgan fingerprint density at radius 1 is 1.26 bits per heavy atom. The van der Waals surface area contributed by atoms with E-state index in [1.165, 1.54) is 0 Å². The molecule has 3 rings (SSSR count). The maximum Gasteiger partial charge on any atom is 0.252 e. The summed E-state index contributed by atoms with van der Waals surface area (Å²) in [6.45, 7) is 3.93. The quantitative estimate of drug-likeness (QED) is 0.795. The first-order valence-electron chi connectivity index (χ1n) is 9.30. The second-order valence-corrected chi connectivity index (χ2v) is 6.61. The van der Waals surface area contributed by atoms with E-state index >= 15 is 0 Å². The molecule has 142 valence electrons. The van der Waals surface area contributed by atoms with Gasteiger partial charge >= 0.3 is 0 Å². The lowest BCUT2D eigenvalue weighted by Crippen LogP contribution is -2.39. The van der Waals surface area contributed by atoms with Gasteiger partial charge in [0.05, 0.1) is 18.2 Å². The average molecular weight is 367 g/mol. The van der Waals surface area contributed by atoms with Gasteiger partial charge in [-0.1, -0.05) is 12.1 Å². The smallest absolute Gasteiger partial charge is 0.252 e. The van der Waals surface area contributed by atoms with Crippen molar-refractivity contribution in [1.82, 2.24) is 10.3 Å². The lowest BCUT2D eigenvalue weighted by atomic mass is 9.89. The third kappa shape index (κ3) is 4.27. The summed E-state index contributed by atoms with van der Waals surface area (Å²) in [7, 11) is 1.58. The highest BCUT2D eigenvalue weighted by atomic mass is 16.5. The molecule has 2 heterocycles. The highest BCUT2D eigenvalue weighted by Crippen LogP contribution is 2.28. The molecule has 6 nitrogen and oxygen atoms in total. The Labute approximate surface area is 159 Å². The Kier molecular flexibility index (Phi) is 6.06. The number of anilines is 1. The molecule has 0 radical (unpaired) electrons. The van der Waals surface area contributed by atoms with Crippen molar-refractivity contribution in [3.8, 4) is 5.75 Å². The molecular weight excluding hydrogens is 342 g/mol. The first-order valence-corrected chi connectivity index (χ1v) is 9.30. The summed E-state index contributed by atoms with van der Waals surface area (Å²) in [5.41, 5.74) is 1.17. The normalized spacial score (nSPS) is 16.7. The lowest BCUT2D eigenvalue weighted by Gasteiger charge is -2.33. The minimum absolute atomic E-state index is 0.0973. The number of nitrogens with zero attached hydrogens (tertiary/aromatic N) is 2. The standard InChI is InChI=1S/C21H25N3O3/c1-3-22-21(26)15-10-11-19(23-13-15)24-12-6-7-16(14-24)20(25)17-8-4-5-9-18(17)27-2/h4-5,8-11,13,16H,3,6-7,12,14H2,1-2H3,(H,22,26)/t16-/m1/s1. The highest BCUT2D eigenvalue weighted by Gasteiger charge is 2.28. The number of pyridine rings is 1. The average Bonchev–Trinajstić information content (AvgIpc) is 2.73. The fourth-order valence-electron chi connectivity index (χ4n) is 3.44. The highest BCUT2D eigenvalue weighted by molar-refractivity contribution is 6.00. The van der Waals surface area contributed by atoms with Crippen LogP contribution in [0.2, 0.25) is 0 Å². The Morgan fingerprint density at radius 2 is 2.07 bits per heavy atom. The van der Waals surface area contributed by atoms with E-state index in [1.807, 2.05) is 37.3 Å².